The van der Waals surface area contributed by atoms with Crippen molar-refractivity contribution in [2.75, 3.05) is 20.2 Å². The molecule has 8 heteroatoms. The number of hydrogen-bond acceptors (Lipinski definition) is 5. The Labute approximate surface area is 234 Å². The summed E-state index contributed by atoms with van der Waals surface area (Å²) in [4.78, 5) is 39.8. The fourth-order valence-corrected chi connectivity index (χ4v) is 5.97. The van der Waals surface area contributed by atoms with Gasteiger partial charge in [0.15, 0.2) is 0 Å². The lowest BCUT2D eigenvalue weighted by Crippen LogP contribution is -2.52. The number of carbonyl (C=O) groups excluding carboxylic acids is 2. The normalized spacial score (nSPS) is 18.6. The number of ether oxygens (including phenoxy) is 1. The van der Waals surface area contributed by atoms with Crippen LogP contribution in [0.1, 0.15) is 41.9 Å². The number of likely N-dealkylation sites (N-methyl/N-ethyl adjacent to an activating group) is 1. The van der Waals surface area contributed by atoms with Gasteiger partial charge >= 0.3 is 12.1 Å². The molecule has 8 nitrogen and oxygen atoms in total. The van der Waals surface area contributed by atoms with Crippen LogP contribution in [-0.4, -0.2) is 60.3 Å². The molecule has 0 heterocycles. The highest BCUT2D eigenvalue weighted by molar-refractivity contribution is 5.86. The minimum Gasteiger partial charge on any atom is -0.480 e. The first-order chi connectivity index (χ1) is 19.4. The third kappa shape index (κ3) is 6.18. The second-order valence-electron chi connectivity index (χ2n) is 10.7. The molecule has 2 aliphatic carbocycles. The molecule has 2 amide bonds. The van der Waals surface area contributed by atoms with Gasteiger partial charge in [0.25, 0.3) is 0 Å². The molecule has 3 N–H and O–H groups in total. The van der Waals surface area contributed by atoms with Crippen molar-refractivity contribution in [3.63, 3.8) is 0 Å². The number of aliphatic carboxylic acids is 1. The summed E-state index contributed by atoms with van der Waals surface area (Å²) in [6.07, 6.45) is 1.40. The van der Waals surface area contributed by atoms with Gasteiger partial charge in [0.1, 0.15) is 12.6 Å². The number of fused-ring (bicyclic) bond motifs is 3. The molecule has 3 aromatic rings. The molecule has 2 aliphatic rings. The Hall–Kier alpha value is -4.17. The average molecular weight is 542 g/mol. The second kappa shape index (κ2) is 12.3. The third-order valence-electron chi connectivity index (χ3n) is 7.90. The Morgan fingerprint density at radius 1 is 0.925 bits per heavy atom. The molecule has 0 radical (unpaired) electrons. The summed E-state index contributed by atoms with van der Waals surface area (Å²) in [6.45, 7) is 0.918. The molecule has 0 aliphatic heterocycles. The molecule has 1 saturated carbocycles. The van der Waals surface area contributed by atoms with Crippen molar-refractivity contribution in [2.45, 2.75) is 43.8 Å². The number of benzene rings is 3. The predicted molar refractivity (Wildman–Crippen MR) is 152 cm³/mol. The van der Waals surface area contributed by atoms with E-state index in [-0.39, 0.29) is 25.0 Å². The Bertz CT molecular complexity index is 1320. The lowest BCUT2D eigenvalue weighted by molar-refractivity contribution is -0.143. The number of carboxylic acid groups (broad SMARTS) is 1. The molecule has 5 rings (SSSR count). The molecule has 0 saturated heterocycles. The summed E-state index contributed by atoms with van der Waals surface area (Å²) in [5.74, 6) is -2.01. The van der Waals surface area contributed by atoms with Crippen LogP contribution >= 0.6 is 0 Å². The van der Waals surface area contributed by atoms with E-state index in [9.17, 15) is 19.5 Å². The summed E-state index contributed by atoms with van der Waals surface area (Å²) < 4.78 is 5.68. The fraction of sp³-hybridized carbons (Fsp3) is 0.344. The number of carbonyl (C=O) groups is 3. The second-order valence-corrected chi connectivity index (χ2v) is 10.7. The molecule has 3 atom stereocenters. The lowest BCUT2D eigenvalue weighted by Gasteiger charge is -2.25. The average Bonchev–Trinajstić information content (AvgIpc) is 3.54. The van der Waals surface area contributed by atoms with Gasteiger partial charge in [-0.15, -0.1) is 0 Å². The first-order valence-corrected chi connectivity index (χ1v) is 13.8. The molecule has 0 bridgehead atoms. The van der Waals surface area contributed by atoms with E-state index in [0.29, 0.717) is 19.4 Å². The van der Waals surface area contributed by atoms with Crippen LogP contribution in [0, 0.1) is 5.92 Å². The standard InChI is InChI=1S/C32H35N3O5/c1-35(18-21-10-3-2-4-11-21)19-29(31(37)38)33-30(36)26-16-9-17-28(26)34-32(39)40-20-27-24-14-7-5-12-22(24)23-13-6-8-15-25(23)27/h2-8,10-15,26-29H,9,16-20H2,1H3,(H,33,36)(H,34,39)(H,37,38)/t26-,28+,29?/m0/s1. The van der Waals surface area contributed by atoms with Crippen LogP contribution in [0.4, 0.5) is 4.79 Å². The molecule has 1 fully saturated rings. The van der Waals surface area contributed by atoms with Crippen molar-refractivity contribution in [1.29, 1.82) is 0 Å². The van der Waals surface area contributed by atoms with Crippen LogP contribution in [0.25, 0.3) is 11.1 Å². The van der Waals surface area contributed by atoms with Crippen molar-refractivity contribution < 1.29 is 24.2 Å². The van der Waals surface area contributed by atoms with Gasteiger partial charge in [-0.25, -0.2) is 9.59 Å². The minimum atomic E-state index is -1.09. The van der Waals surface area contributed by atoms with Gasteiger partial charge in [-0.1, -0.05) is 85.3 Å². The summed E-state index contributed by atoms with van der Waals surface area (Å²) in [7, 11) is 1.83. The summed E-state index contributed by atoms with van der Waals surface area (Å²) in [5, 5.41) is 15.4. The zero-order chi connectivity index (χ0) is 28.1. The van der Waals surface area contributed by atoms with Crippen molar-refractivity contribution in [3.05, 3.63) is 95.6 Å². The number of alkyl carbamates (subject to hydrolysis) is 1. The monoisotopic (exact) mass is 541 g/mol. The fourth-order valence-electron chi connectivity index (χ4n) is 5.97. The van der Waals surface area contributed by atoms with E-state index >= 15 is 0 Å². The van der Waals surface area contributed by atoms with E-state index in [1.54, 1.807) is 0 Å². The minimum absolute atomic E-state index is 0.0509. The Kier molecular flexibility index (Phi) is 8.45. The number of nitrogens with one attached hydrogen (secondary N) is 2. The maximum absolute atomic E-state index is 13.1. The van der Waals surface area contributed by atoms with E-state index in [4.69, 9.17) is 4.74 Å². The number of hydrogen-bond donors (Lipinski definition) is 3. The van der Waals surface area contributed by atoms with Gasteiger partial charge in [-0.2, -0.15) is 0 Å². The van der Waals surface area contributed by atoms with E-state index in [1.165, 1.54) is 0 Å². The molecular formula is C32H35N3O5. The molecule has 208 valence electrons. The summed E-state index contributed by atoms with van der Waals surface area (Å²) in [5.41, 5.74) is 5.63. The predicted octanol–water partition coefficient (Wildman–Crippen LogP) is 4.40. The van der Waals surface area contributed by atoms with Crippen LogP contribution < -0.4 is 10.6 Å². The Morgan fingerprint density at radius 2 is 1.55 bits per heavy atom. The lowest BCUT2D eigenvalue weighted by atomic mass is 9.98. The quantitative estimate of drug-likeness (QED) is 0.351. The topological polar surface area (TPSA) is 108 Å². The van der Waals surface area contributed by atoms with Crippen LogP contribution in [0.15, 0.2) is 78.9 Å². The van der Waals surface area contributed by atoms with Crippen molar-refractivity contribution in [1.82, 2.24) is 15.5 Å². The first kappa shape index (κ1) is 27.4. The smallest absolute Gasteiger partial charge is 0.407 e. The summed E-state index contributed by atoms with van der Waals surface area (Å²) in [6, 6.07) is 24.6. The molecular weight excluding hydrogens is 506 g/mol. The van der Waals surface area contributed by atoms with Gasteiger partial charge in [-0.3, -0.25) is 9.69 Å². The molecule has 40 heavy (non-hydrogen) atoms. The van der Waals surface area contributed by atoms with Crippen LogP contribution in [-0.2, 0) is 20.9 Å². The Morgan fingerprint density at radius 3 is 2.20 bits per heavy atom. The van der Waals surface area contributed by atoms with Crippen molar-refractivity contribution in [3.8, 4) is 11.1 Å². The zero-order valence-electron chi connectivity index (χ0n) is 22.6. The first-order valence-electron chi connectivity index (χ1n) is 13.8. The van der Waals surface area contributed by atoms with E-state index in [1.807, 2.05) is 66.5 Å². The van der Waals surface area contributed by atoms with Crippen LogP contribution in [0.5, 0.6) is 0 Å². The van der Waals surface area contributed by atoms with Gasteiger partial charge in [0.05, 0.1) is 5.92 Å². The highest BCUT2D eigenvalue weighted by Gasteiger charge is 2.37. The van der Waals surface area contributed by atoms with E-state index in [0.717, 1.165) is 34.2 Å². The zero-order valence-corrected chi connectivity index (χ0v) is 22.6. The van der Waals surface area contributed by atoms with E-state index in [2.05, 4.69) is 34.9 Å². The summed E-state index contributed by atoms with van der Waals surface area (Å²) >= 11 is 0. The molecule has 3 aromatic carbocycles. The van der Waals surface area contributed by atoms with Gasteiger partial charge in [0, 0.05) is 25.0 Å². The maximum atomic E-state index is 13.1. The van der Waals surface area contributed by atoms with Crippen LogP contribution in [0.3, 0.4) is 0 Å². The number of amides is 2. The largest absolute Gasteiger partial charge is 0.480 e. The van der Waals surface area contributed by atoms with Crippen LogP contribution in [0.2, 0.25) is 0 Å². The maximum Gasteiger partial charge on any atom is 0.407 e. The number of carboxylic acids is 1. The number of rotatable bonds is 10. The van der Waals surface area contributed by atoms with Gasteiger partial charge < -0.3 is 20.5 Å². The van der Waals surface area contributed by atoms with Crippen molar-refractivity contribution >= 4 is 18.0 Å². The van der Waals surface area contributed by atoms with E-state index < -0.39 is 30.1 Å². The highest BCUT2D eigenvalue weighted by atomic mass is 16.5. The molecule has 0 spiro atoms. The van der Waals surface area contributed by atoms with Crippen molar-refractivity contribution in [2.24, 2.45) is 5.92 Å². The number of nitrogens with zero attached hydrogens (tertiary/aromatic N) is 1. The molecule has 0 aromatic heterocycles. The highest BCUT2D eigenvalue weighted by Crippen LogP contribution is 2.44. The third-order valence-corrected chi connectivity index (χ3v) is 7.90. The van der Waals surface area contributed by atoms with Gasteiger partial charge in [-0.05, 0) is 47.7 Å². The Balaban J connectivity index is 1.15. The van der Waals surface area contributed by atoms with Gasteiger partial charge in [0.2, 0.25) is 5.91 Å². The SMILES string of the molecule is CN(Cc1ccccc1)CC(NC(=O)[C@H]1CCC[C@H]1NC(=O)OCC1c2ccccc2-c2ccccc21)C(=O)O. The molecule has 1 unspecified atom stereocenters.